The lowest BCUT2D eigenvalue weighted by Crippen LogP contribution is -2.40. The van der Waals surface area contributed by atoms with Gasteiger partial charge in [-0.1, -0.05) is 26.0 Å². The van der Waals surface area contributed by atoms with Crippen LogP contribution in [0.15, 0.2) is 40.1 Å². The molecular weight excluding hydrogens is 431 g/mol. The lowest BCUT2D eigenvalue weighted by atomic mass is 9.93. The number of aryl methyl sites for hydroxylation is 1. The minimum absolute atomic E-state index is 0.145. The van der Waals surface area contributed by atoms with Crippen LogP contribution in [0.25, 0.3) is 22.6 Å². The van der Waals surface area contributed by atoms with Gasteiger partial charge in [0.05, 0.1) is 11.3 Å². The van der Waals surface area contributed by atoms with Crippen LogP contribution < -0.4 is 11.2 Å². The molecule has 0 amide bonds. The van der Waals surface area contributed by atoms with Crippen LogP contribution in [0.5, 0.6) is 0 Å². The Kier molecular flexibility index (Phi) is 5.95. The van der Waals surface area contributed by atoms with Gasteiger partial charge in [0.1, 0.15) is 23.1 Å². The molecule has 1 aromatic carbocycles. The molecule has 0 saturated carbocycles. The molecule has 0 aliphatic rings. The molecule has 11 heteroatoms. The molecule has 0 bridgehead atoms. The summed E-state index contributed by atoms with van der Waals surface area (Å²) < 4.78 is 16.0. The minimum Gasteiger partial charge on any atom is -0.480 e. The fourth-order valence-corrected chi connectivity index (χ4v) is 3.92. The Bertz CT molecular complexity index is 1430. The highest BCUT2D eigenvalue weighted by molar-refractivity contribution is 5.84. The highest BCUT2D eigenvalue weighted by atomic mass is 19.1. The second-order valence-electron chi connectivity index (χ2n) is 7.68. The molecule has 0 aliphatic carbocycles. The van der Waals surface area contributed by atoms with Gasteiger partial charge in [0.25, 0.3) is 5.56 Å². The Balaban J connectivity index is 1.92. The molecule has 3 aromatic heterocycles. The van der Waals surface area contributed by atoms with Crippen LogP contribution in [0.3, 0.4) is 0 Å². The van der Waals surface area contributed by atoms with E-state index in [-0.39, 0.29) is 29.2 Å². The van der Waals surface area contributed by atoms with Gasteiger partial charge in [0.15, 0.2) is 5.65 Å². The van der Waals surface area contributed by atoms with Gasteiger partial charge in [-0.2, -0.15) is 5.10 Å². The Morgan fingerprint density at radius 3 is 2.42 bits per heavy atom. The predicted octanol–water partition coefficient (Wildman–Crippen LogP) is 2.45. The zero-order valence-corrected chi connectivity index (χ0v) is 18.1. The molecule has 0 fully saturated rings. The number of rotatable bonds is 8. The summed E-state index contributed by atoms with van der Waals surface area (Å²) >= 11 is 0. The quantitative estimate of drug-likeness (QED) is 0.374. The molecule has 0 saturated heterocycles. The first-order valence-electron chi connectivity index (χ1n) is 10.6. The van der Waals surface area contributed by atoms with Gasteiger partial charge >= 0.3 is 11.7 Å². The molecule has 33 heavy (non-hydrogen) atoms. The summed E-state index contributed by atoms with van der Waals surface area (Å²) in [5.74, 6) is -2.66. The van der Waals surface area contributed by atoms with Crippen molar-refractivity contribution >= 4 is 17.1 Å². The summed E-state index contributed by atoms with van der Waals surface area (Å²) in [5, 5.41) is 16.7. The molecule has 4 rings (SSSR count). The van der Waals surface area contributed by atoms with E-state index in [1.807, 2.05) is 13.8 Å². The van der Waals surface area contributed by atoms with Crippen LogP contribution in [0.2, 0.25) is 0 Å². The number of aromatic nitrogens is 6. The summed E-state index contributed by atoms with van der Waals surface area (Å²) in [6.45, 7) is 4.43. The number of imidazole rings is 1. The first-order chi connectivity index (χ1) is 15.9. The Morgan fingerprint density at radius 2 is 1.79 bits per heavy atom. The van der Waals surface area contributed by atoms with Crippen molar-refractivity contribution in [3.05, 3.63) is 68.4 Å². The standard InChI is InChI=1S/C22H23FN6O4/c1-3-9-28-19-17(20(30)29(10-4-2)22(28)33)25-18(26-19)14-11-24-27-16(14)15(21(31)32)12-5-7-13(23)8-6-12/h5-8,11,15H,3-4,9-10H2,1-2H3,(H,24,27)(H,25,26)(H,31,32). The van der Waals surface area contributed by atoms with Crippen LogP contribution in [0, 0.1) is 5.82 Å². The van der Waals surface area contributed by atoms with Crippen LogP contribution in [-0.4, -0.2) is 40.4 Å². The van der Waals surface area contributed by atoms with Crippen molar-refractivity contribution in [3.63, 3.8) is 0 Å². The third-order valence-corrected chi connectivity index (χ3v) is 5.40. The van der Waals surface area contributed by atoms with Gasteiger partial charge in [-0.25, -0.2) is 14.2 Å². The van der Waals surface area contributed by atoms with E-state index >= 15 is 0 Å². The van der Waals surface area contributed by atoms with E-state index < -0.39 is 29.0 Å². The number of carboxylic acids is 1. The zero-order chi connectivity index (χ0) is 23.7. The highest BCUT2D eigenvalue weighted by Crippen LogP contribution is 2.31. The van der Waals surface area contributed by atoms with Crippen molar-refractivity contribution in [2.45, 2.75) is 45.7 Å². The maximum atomic E-state index is 13.4. The number of hydrogen-bond donors (Lipinski definition) is 3. The number of nitrogens with zero attached hydrogens (tertiary/aromatic N) is 4. The molecule has 0 spiro atoms. The first kappa shape index (κ1) is 22.2. The number of hydrogen-bond acceptors (Lipinski definition) is 5. The Morgan fingerprint density at radius 1 is 1.12 bits per heavy atom. The maximum Gasteiger partial charge on any atom is 0.332 e. The number of nitrogens with one attached hydrogen (secondary N) is 2. The lowest BCUT2D eigenvalue weighted by Gasteiger charge is -2.11. The summed E-state index contributed by atoms with van der Waals surface area (Å²) in [5.41, 5.74) is 0.257. The zero-order valence-electron chi connectivity index (χ0n) is 18.1. The number of H-pyrrole nitrogens is 2. The van der Waals surface area contributed by atoms with Gasteiger partial charge in [-0.15, -0.1) is 0 Å². The number of benzene rings is 1. The molecular formula is C22H23FN6O4. The van der Waals surface area contributed by atoms with Crippen molar-refractivity contribution < 1.29 is 14.3 Å². The van der Waals surface area contributed by atoms with Gasteiger partial charge in [-0.3, -0.25) is 23.8 Å². The van der Waals surface area contributed by atoms with E-state index in [0.29, 0.717) is 30.5 Å². The predicted molar refractivity (Wildman–Crippen MR) is 119 cm³/mol. The first-order valence-corrected chi connectivity index (χ1v) is 10.6. The van der Waals surface area contributed by atoms with E-state index in [0.717, 1.165) is 0 Å². The van der Waals surface area contributed by atoms with Crippen LogP contribution in [-0.2, 0) is 17.9 Å². The SMILES string of the molecule is CCCn1c(=O)c2[nH]c(-c3c[nH]nc3C(C(=O)O)c3ccc(F)cc3)nc2n(CCC)c1=O. The van der Waals surface area contributed by atoms with Gasteiger partial charge in [0, 0.05) is 19.3 Å². The summed E-state index contributed by atoms with van der Waals surface area (Å²) in [6.07, 6.45) is 2.74. The van der Waals surface area contributed by atoms with Crippen molar-refractivity contribution in [2.24, 2.45) is 0 Å². The molecule has 0 aliphatic heterocycles. The van der Waals surface area contributed by atoms with E-state index in [4.69, 9.17) is 0 Å². The molecule has 1 atom stereocenters. The summed E-state index contributed by atoms with van der Waals surface area (Å²) in [4.78, 5) is 45.5. The highest BCUT2D eigenvalue weighted by Gasteiger charge is 2.29. The Hall–Kier alpha value is -4.02. The van der Waals surface area contributed by atoms with Gasteiger partial charge < -0.3 is 10.1 Å². The smallest absolute Gasteiger partial charge is 0.332 e. The lowest BCUT2D eigenvalue weighted by molar-refractivity contribution is -0.137. The molecule has 3 heterocycles. The third-order valence-electron chi connectivity index (χ3n) is 5.40. The number of carboxylic acid groups (broad SMARTS) is 1. The van der Waals surface area contributed by atoms with E-state index in [1.54, 1.807) is 0 Å². The van der Waals surface area contributed by atoms with Crippen LogP contribution in [0.4, 0.5) is 4.39 Å². The monoisotopic (exact) mass is 454 g/mol. The van der Waals surface area contributed by atoms with Crippen LogP contribution >= 0.6 is 0 Å². The maximum absolute atomic E-state index is 13.4. The number of aliphatic carboxylic acids is 1. The van der Waals surface area contributed by atoms with Gasteiger partial charge in [0.2, 0.25) is 0 Å². The van der Waals surface area contributed by atoms with E-state index in [1.165, 1.54) is 39.6 Å². The van der Waals surface area contributed by atoms with Crippen molar-refractivity contribution in [1.82, 2.24) is 29.3 Å². The molecule has 3 N–H and O–H groups in total. The van der Waals surface area contributed by atoms with Crippen molar-refractivity contribution in [1.29, 1.82) is 0 Å². The second kappa shape index (κ2) is 8.85. The van der Waals surface area contributed by atoms with Gasteiger partial charge in [-0.05, 0) is 30.5 Å². The molecule has 10 nitrogen and oxygen atoms in total. The number of fused-ring (bicyclic) bond motifs is 1. The second-order valence-corrected chi connectivity index (χ2v) is 7.68. The average Bonchev–Trinajstić information content (AvgIpc) is 3.43. The van der Waals surface area contributed by atoms with Crippen molar-refractivity contribution in [3.8, 4) is 11.4 Å². The third kappa shape index (κ3) is 3.86. The Labute approximate surface area is 186 Å². The molecule has 4 aromatic rings. The van der Waals surface area contributed by atoms with E-state index in [2.05, 4.69) is 20.2 Å². The number of carbonyl (C=O) groups is 1. The molecule has 0 radical (unpaired) electrons. The van der Waals surface area contributed by atoms with Crippen molar-refractivity contribution in [2.75, 3.05) is 0 Å². The summed E-state index contributed by atoms with van der Waals surface area (Å²) in [6, 6.07) is 5.12. The number of halogens is 1. The molecule has 1 unspecified atom stereocenters. The minimum atomic E-state index is -1.20. The normalized spacial score (nSPS) is 12.3. The van der Waals surface area contributed by atoms with E-state index in [9.17, 15) is 23.9 Å². The topological polar surface area (TPSA) is 139 Å². The van der Waals surface area contributed by atoms with Crippen LogP contribution in [0.1, 0.15) is 43.9 Å². The molecule has 172 valence electrons. The average molecular weight is 454 g/mol. The fraction of sp³-hybridized carbons (Fsp3) is 0.318. The largest absolute Gasteiger partial charge is 0.480 e. The fourth-order valence-electron chi connectivity index (χ4n) is 3.92. The number of aromatic amines is 2. The summed E-state index contributed by atoms with van der Waals surface area (Å²) in [7, 11) is 0.